The van der Waals surface area contributed by atoms with E-state index in [1.165, 1.54) is 5.56 Å². The molecule has 70 valence electrons. The van der Waals surface area contributed by atoms with Crippen LogP contribution in [0.15, 0.2) is 36.9 Å². The fraction of sp³-hybridized carbons (Fsp3) is 0.333. The summed E-state index contributed by atoms with van der Waals surface area (Å²) >= 11 is 5.79. The van der Waals surface area contributed by atoms with Crippen LogP contribution in [0.2, 0.25) is 5.02 Å². The maximum absolute atomic E-state index is 5.79. The Morgan fingerprint density at radius 1 is 1.38 bits per heavy atom. The summed E-state index contributed by atoms with van der Waals surface area (Å²) in [5, 5.41) is 0.806. The predicted molar refractivity (Wildman–Crippen MR) is 59.1 cm³/mol. The van der Waals surface area contributed by atoms with E-state index in [1.54, 1.807) is 0 Å². The number of hydrogen-bond donors (Lipinski definition) is 0. The van der Waals surface area contributed by atoms with Gasteiger partial charge in [0.15, 0.2) is 0 Å². The highest BCUT2D eigenvalue weighted by Gasteiger charge is 1.97. The number of hydrogen-bond acceptors (Lipinski definition) is 0. The van der Waals surface area contributed by atoms with E-state index in [0.717, 1.165) is 17.9 Å². The third-order valence-corrected chi connectivity index (χ3v) is 2.46. The number of halogens is 1. The molecule has 0 spiro atoms. The Morgan fingerprint density at radius 3 is 2.54 bits per heavy atom. The lowest BCUT2D eigenvalue weighted by Gasteiger charge is -2.05. The van der Waals surface area contributed by atoms with Crippen LogP contribution in [0.25, 0.3) is 0 Å². The Kier molecular flexibility index (Phi) is 4.04. The second-order valence-corrected chi connectivity index (χ2v) is 3.81. The largest absolute Gasteiger partial charge is 0.103 e. The molecule has 0 aliphatic heterocycles. The summed E-state index contributed by atoms with van der Waals surface area (Å²) in [4.78, 5) is 0. The van der Waals surface area contributed by atoms with Crippen LogP contribution in [-0.4, -0.2) is 0 Å². The van der Waals surface area contributed by atoms with Crippen LogP contribution in [0.5, 0.6) is 0 Å². The third-order valence-electron chi connectivity index (χ3n) is 2.20. The molecular formula is C12H15Cl. The SMILES string of the molecule is C=C[C@@H](C)CCc1ccc(Cl)cc1. The van der Waals surface area contributed by atoms with E-state index < -0.39 is 0 Å². The molecule has 0 aliphatic rings. The zero-order chi connectivity index (χ0) is 9.68. The van der Waals surface area contributed by atoms with E-state index in [0.29, 0.717) is 5.92 Å². The monoisotopic (exact) mass is 194 g/mol. The van der Waals surface area contributed by atoms with Crippen LogP contribution in [0, 0.1) is 5.92 Å². The van der Waals surface area contributed by atoms with E-state index in [4.69, 9.17) is 11.6 Å². The number of benzene rings is 1. The molecule has 1 heteroatoms. The van der Waals surface area contributed by atoms with Gasteiger partial charge in [-0.15, -0.1) is 6.58 Å². The quantitative estimate of drug-likeness (QED) is 0.634. The van der Waals surface area contributed by atoms with Crippen molar-refractivity contribution in [3.8, 4) is 0 Å². The van der Waals surface area contributed by atoms with Crippen LogP contribution in [-0.2, 0) is 6.42 Å². The van der Waals surface area contributed by atoms with Crippen molar-refractivity contribution < 1.29 is 0 Å². The summed E-state index contributed by atoms with van der Waals surface area (Å²) < 4.78 is 0. The molecule has 0 bridgehead atoms. The average molecular weight is 195 g/mol. The molecule has 0 N–H and O–H groups in total. The van der Waals surface area contributed by atoms with Crippen LogP contribution >= 0.6 is 11.6 Å². The van der Waals surface area contributed by atoms with Crippen LogP contribution in [0.3, 0.4) is 0 Å². The van der Waals surface area contributed by atoms with Gasteiger partial charge in [-0.05, 0) is 36.5 Å². The van der Waals surface area contributed by atoms with Gasteiger partial charge in [0.25, 0.3) is 0 Å². The van der Waals surface area contributed by atoms with Crippen molar-refractivity contribution in [3.05, 3.63) is 47.5 Å². The lowest BCUT2D eigenvalue weighted by molar-refractivity contribution is 0.649. The number of allylic oxidation sites excluding steroid dienone is 1. The Bertz CT molecular complexity index is 261. The second kappa shape index (κ2) is 5.08. The molecule has 1 aromatic rings. The first-order valence-corrected chi connectivity index (χ1v) is 4.97. The molecule has 0 saturated heterocycles. The third kappa shape index (κ3) is 3.65. The highest BCUT2D eigenvalue weighted by molar-refractivity contribution is 6.30. The molecule has 0 aliphatic carbocycles. The summed E-state index contributed by atoms with van der Waals surface area (Å²) in [6.07, 6.45) is 4.26. The Balaban J connectivity index is 2.45. The summed E-state index contributed by atoms with van der Waals surface area (Å²) in [6, 6.07) is 8.04. The minimum absolute atomic E-state index is 0.593. The Labute approximate surface area is 85.2 Å². The fourth-order valence-electron chi connectivity index (χ4n) is 1.16. The van der Waals surface area contributed by atoms with E-state index >= 15 is 0 Å². The molecule has 1 atom stereocenters. The molecule has 0 radical (unpaired) electrons. The topological polar surface area (TPSA) is 0 Å². The molecule has 0 heterocycles. The lowest BCUT2D eigenvalue weighted by Crippen LogP contribution is -1.92. The maximum atomic E-state index is 5.79. The highest BCUT2D eigenvalue weighted by atomic mass is 35.5. The summed E-state index contributed by atoms with van der Waals surface area (Å²) in [5.41, 5.74) is 1.35. The zero-order valence-electron chi connectivity index (χ0n) is 7.96. The molecule has 13 heavy (non-hydrogen) atoms. The number of rotatable bonds is 4. The minimum atomic E-state index is 0.593. The molecule has 0 saturated carbocycles. The van der Waals surface area contributed by atoms with Gasteiger partial charge in [-0.3, -0.25) is 0 Å². The summed E-state index contributed by atoms with van der Waals surface area (Å²) in [6.45, 7) is 5.95. The van der Waals surface area contributed by atoms with Gasteiger partial charge in [0.05, 0.1) is 0 Å². The Hall–Kier alpha value is -0.750. The highest BCUT2D eigenvalue weighted by Crippen LogP contribution is 2.13. The van der Waals surface area contributed by atoms with Crippen LogP contribution < -0.4 is 0 Å². The standard InChI is InChI=1S/C12H15Cl/c1-3-10(2)4-5-11-6-8-12(13)9-7-11/h3,6-10H,1,4-5H2,2H3/t10-/m1/s1. The van der Waals surface area contributed by atoms with Gasteiger partial charge in [0.2, 0.25) is 0 Å². The average Bonchev–Trinajstić information content (AvgIpc) is 2.16. The summed E-state index contributed by atoms with van der Waals surface area (Å²) in [5.74, 6) is 0.593. The van der Waals surface area contributed by atoms with Gasteiger partial charge in [0.1, 0.15) is 0 Å². The first-order chi connectivity index (χ1) is 6.22. The predicted octanol–water partition coefficient (Wildman–Crippen LogP) is 4.09. The van der Waals surface area contributed by atoms with Gasteiger partial charge in [-0.2, -0.15) is 0 Å². The molecule has 0 fully saturated rings. The van der Waals surface area contributed by atoms with Crippen molar-refractivity contribution in [2.24, 2.45) is 5.92 Å². The van der Waals surface area contributed by atoms with E-state index in [2.05, 4.69) is 25.6 Å². The molecule has 0 aromatic heterocycles. The minimum Gasteiger partial charge on any atom is -0.103 e. The second-order valence-electron chi connectivity index (χ2n) is 3.38. The van der Waals surface area contributed by atoms with Crippen molar-refractivity contribution in [3.63, 3.8) is 0 Å². The van der Waals surface area contributed by atoms with Crippen LogP contribution in [0.1, 0.15) is 18.9 Å². The van der Waals surface area contributed by atoms with Crippen molar-refractivity contribution in [2.45, 2.75) is 19.8 Å². The normalized spacial score (nSPS) is 12.5. The fourth-order valence-corrected chi connectivity index (χ4v) is 1.29. The summed E-state index contributed by atoms with van der Waals surface area (Å²) in [7, 11) is 0. The molecular weight excluding hydrogens is 180 g/mol. The maximum Gasteiger partial charge on any atom is 0.0406 e. The van der Waals surface area contributed by atoms with E-state index in [-0.39, 0.29) is 0 Å². The molecule has 0 unspecified atom stereocenters. The van der Waals surface area contributed by atoms with Crippen molar-refractivity contribution in [1.82, 2.24) is 0 Å². The van der Waals surface area contributed by atoms with Gasteiger partial charge in [-0.25, -0.2) is 0 Å². The first-order valence-electron chi connectivity index (χ1n) is 4.59. The number of aryl methyl sites for hydroxylation is 1. The molecule has 1 aromatic carbocycles. The molecule has 1 rings (SSSR count). The molecule has 0 nitrogen and oxygen atoms in total. The van der Waals surface area contributed by atoms with E-state index in [1.807, 2.05) is 18.2 Å². The van der Waals surface area contributed by atoms with Crippen molar-refractivity contribution in [2.75, 3.05) is 0 Å². The molecule has 0 amide bonds. The lowest BCUT2D eigenvalue weighted by atomic mass is 10.0. The van der Waals surface area contributed by atoms with Crippen LogP contribution in [0.4, 0.5) is 0 Å². The van der Waals surface area contributed by atoms with Gasteiger partial charge in [0, 0.05) is 5.02 Å². The van der Waals surface area contributed by atoms with Gasteiger partial charge < -0.3 is 0 Å². The van der Waals surface area contributed by atoms with Crippen molar-refractivity contribution in [1.29, 1.82) is 0 Å². The smallest absolute Gasteiger partial charge is 0.0406 e. The zero-order valence-corrected chi connectivity index (χ0v) is 8.72. The van der Waals surface area contributed by atoms with Gasteiger partial charge >= 0.3 is 0 Å². The first kappa shape index (κ1) is 10.3. The van der Waals surface area contributed by atoms with E-state index in [9.17, 15) is 0 Å². The van der Waals surface area contributed by atoms with Crippen molar-refractivity contribution >= 4 is 11.6 Å². The van der Waals surface area contributed by atoms with Gasteiger partial charge in [-0.1, -0.05) is 36.7 Å². The Morgan fingerprint density at radius 2 is 2.00 bits per heavy atom.